The molecule has 0 aliphatic carbocycles. The highest BCUT2D eigenvalue weighted by Gasteiger charge is 2.24. The summed E-state index contributed by atoms with van der Waals surface area (Å²) in [6.07, 6.45) is 2.00. The Morgan fingerprint density at radius 2 is 1.73 bits per heavy atom. The van der Waals surface area contributed by atoms with E-state index in [1.54, 1.807) is 23.1 Å². The number of benzene rings is 3. The van der Waals surface area contributed by atoms with Gasteiger partial charge in [-0.1, -0.05) is 79.8 Å². The van der Waals surface area contributed by atoms with E-state index in [0.29, 0.717) is 18.0 Å². The van der Waals surface area contributed by atoms with Gasteiger partial charge in [-0.05, 0) is 41.5 Å². The highest BCUT2D eigenvalue weighted by Crippen LogP contribution is 2.35. The van der Waals surface area contributed by atoms with Crippen LogP contribution in [0.25, 0.3) is 10.2 Å². The van der Waals surface area contributed by atoms with Crippen LogP contribution in [0.2, 0.25) is 0 Å². The van der Waals surface area contributed by atoms with Gasteiger partial charge >= 0.3 is 0 Å². The number of amides is 1. The lowest BCUT2D eigenvalue weighted by molar-refractivity contribution is 0.0982. The first-order valence-corrected chi connectivity index (χ1v) is 12.0. The van der Waals surface area contributed by atoms with E-state index in [0.717, 1.165) is 25.8 Å². The average molecular weight is 433 g/mol. The van der Waals surface area contributed by atoms with Gasteiger partial charge in [0.1, 0.15) is 0 Å². The Kier molecular flexibility index (Phi) is 6.21. The Morgan fingerprint density at radius 3 is 2.47 bits per heavy atom. The molecule has 4 aromatic rings. The van der Waals surface area contributed by atoms with Crippen LogP contribution in [0, 0.1) is 0 Å². The van der Waals surface area contributed by atoms with Crippen molar-refractivity contribution in [3.8, 4) is 0 Å². The number of thiazole rings is 1. The first kappa shape index (κ1) is 20.6. The van der Waals surface area contributed by atoms with Crippen LogP contribution >= 0.6 is 23.1 Å². The Bertz CT molecular complexity index is 1170. The molecule has 3 nitrogen and oxygen atoms in total. The molecule has 0 bridgehead atoms. The zero-order valence-electron chi connectivity index (χ0n) is 17.3. The van der Waals surface area contributed by atoms with Crippen molar-refractivity contribution in [1.82, 2.24) is 4.98 Å². The summed E-state index contributed by atoms with van der Waals surface area (Å²) in [4.78, 5) is 21.4. The Morgan fingerprint density at radius 1 is 1.00 bits per heavy atom. The third-order valence-electron chi connectivity index (χ3n) is 5.06. The molecule has 1 heterocycles. The minimum absolute atomic E-state index is 0.0195. The third-order valence-corrected chi connectivity index (χ3v) is 6.90. The van der Waals surface area contributed by atoms with Gasteiger partial charge < -0.3 is 0 Å². The summed E-state index contributed by atoms with van der Waals surface area (Å²) in [5.74, 6) is 0.355. The molecule has 0 unspecified atom stereocenters. The molecule has 0 aliphatic heterocycles. The quantitative estimate of drug-likeness (QED) is 0.308. The van der Waals surface area contributed by atoms with Crippen molar-refractivity contribution in [3.05, 3.63) is 89.5 Å². The molecule has 0 N–H and O–H groups in total. The molecule has 0 aliphatic rings. The van der Waals surface area contributed by atoms with Crippen LogP contribution in [0.5, 0.6) is 0 Å². The van der Waals surface area contributed by atoms with Crippen LogP contribution in [0.15, 0.2) is 77.7 Å². The van der Waals surface area contributed by atoms with Gasteiger partial charge in [-0.15, -0.1) is 11.8 Å². The summed E-state index contributed by atoms with van der Waals surface area (Å²) >= 11 is 3.17. The number of thioether (sulfide) groups is 1. The largest absolute Gasteiger partial charge is 0.279 e. The first-order valence-electron chi connectivity index (χ1n) is 9.96. The van der Waals surface area contributed by atoms with Gasteiger partial charge in [0.05, 0.1) is 22.3 Å². The summed E-state index contributed by atoms with van der Waals surface area (Å²) in [7, 11) is 0. The average Bonchev–Trinajstić information content (AvgIpc) is 3.21. The van der Waals surface area contributed by atoms with Crippen molar-refractivity contribution in [2.45, 2.75) is 31.2 Å². The highest BCUT2D eigenvalue weighted by atomic mass is 32.2. The van der Waals surface area contributed by atoms with E-state index < -0.39 is 0 Å². The smallest absolute Gasteiger partial charge is 0.261 e. The van der Waals surface area contributed by atoms with Crippen LogP contribution in [-0.4, -0.2) is 17.1 Å². The fourth-order valence-corrected chi connectivity index (χ4v) is 5.09. The summed E-state index contributed by atoms with van der Waals surface area (Å²) in [6, 6.07) is 24.2. The molecule has 0 spiro atoms. The topological polar surface area (TPSA) is 33.2 Å². The normalized spacial score (nSPS) is 11.2. The fourth-order valence-electron chi connectivity index (χ4n) is 3.50. The number of nitrogens with zero attached hydrogens (tertiary/aromatic N) is 2. The Hall–Kier alpha value is -2.63. The number of hydrogen-bond donors (Lipinski definition) is 0. The van der Waals surface area contributed by atoms with Crippen LogP contribution in [0.4, 0.5) is 5.13 Å². The summed E-state index contributed by atoms with van der Waals surface area (Å²) in [5, 5.41) is 0.739. The fraction of sp³-hybridized carbons (Fsp3) is 0.200. The predicted molar refractivity (Wildman–Crippen MR) is 129 cm³/mol. The summed E-state index contributed by atoms with van der Waals surface area (Å²) in [6.45, 7) is 4.84. The van der Waals surface area contributed by atoms with E-state index in [2.05, 4.69) is 32.0 Å². The van der Waals surface area contributed by atoms with Gasteiger partial charge in [0.25, 0.3) is 5.91 Å². The van der Waals surface area contributed by atoms with Gasteiger partial charge in [-0.3, -0.25) is 9.69 Å². The van der Waals surface area contributed by atoms with Gasteiger partial charge in [-0.25, -0.2) is 4.98 Å². The lowest BCUT2D eigenvalue weighted by atomic mass is 10.0. The van der Waals surface area contributed by atoms with Crippen molar-refractivity contribution >= 4 is 44.4 Å². The second-order valence-corrected chi connectivity index (χ2v) is 9.28. The number of anilines is 1. The van der Waals surface area contributed by atoms with E-state index in [4.69, 9.17) is 4.98 Å². The van der Waals surface area contributed by atoms with E-state index >= 15 is 0 Å². The molecule has 0 atom stereocenters. The zero-order chi connectivity index (χ0) is 21.1. The zero-order valence-corrected chi connectivity index (χ0v) is 19.0. The number of carbonyl (C=O) groups excluding carboxylic acids is 1. The van der Waals surface area contributed by atoms with E-state index in [1.165, 1.54) is 5.56 Å². The monoisotopic (exact) mass is 432 g/mol. The molecule has 152 valence electrons. The van der Waals surface area contributed by atoms with E-state index in [1.807, 2.05) is 65.8 Å². The molecule has 1 amide bonds. The van der Waals surface area contributed by atoms with Gasteiger partial charge in [0, 0.05) is 4.90 Å². The molecule has 0 radical (unpaired) electrons. The minimum Gasteiger partial charge on any atom is -0.279 e. The molecule has 5 heteroatoms. The van der Waals surface area contributed by atoms with Crippen LogP contribution in [-0.2, 0) is 6.54 Å². The van der Waals surface area contributed by atoms with E-state index in [-0.39, 0.29) is 5.91 Å². The van der Waals surface area contributed by atoms with Crippen LogP contribution in [0.1, 0.15) is 41.3 Å². The van der Waals surface area contributed by atoms with Crippen LogP contribution in [0.3, 0.4) is 0 Å². The van der Waals surface area contributed by atoms with E-state index in [9.17, 15) is 4.79 Å². The number of para-hydroxylation sites is 1. The first-order chi connectivity index (χ1) is 14.6. The molecular weight excluding hydrogens is 408 g/mol. The van der Waals surface area contributed by atoms with Gasteiger partial charge in [-0.2, -0.15) is 0 Å². The number of rotatable bonds is 6. The molecule has 1 aromatic heterocycles. The van der Waals surface area contributed by atoms with Gasteiger partial charge in [0.2, 0.25) is 0 Å². The molecule has 30 heavy (non-hydrogen) atoms. The summed E-state index contributed by atoms with van der Waals surface area (Å²) in [5.41, 5.74) is 4.00. The maximum Gasteiger partial charge on any atom is 0.261 e. The molecular formula is C25H24N2OS2. The van der Waals surface area contributed by atoms with Crippen molar-refractivity contribution in [2.75, 3.05) is 11.2 Å². The van der Waals surface area contributed by atoms with Crippen molar-refractivity contribution in [2.24, 2.45) is 0 Å². The lowest BCUT2D eigenvalue weighted by Gasteiger charge is -2.21. The van der Waals surface area contributed by atoms with Crippen molar-refractivity contribution in [3.63, 3.8) is 0 Å². The van der Waals surface area contributed by atoms with Gasteiger partial charge in [0.15, 0.2) is 5.13 Å². The van der Waals surface area contributed by atoms with Crippen molar-refractivity contribution < 1.29 is 4.79 Å². The SMILES string of the molecule is CSc1ccccc1C(=O)N(Cc1ccccc1)c1nc2c(C(C)C)cccc2s1. The highest BCUT2D eigenvalue weighted by molar-refractivity contribution is 7.98. The number of aromatic nitrogens is 1. The Balaban J connectivity index is 1.82. The molecule has 0 saturated carbocycles. The number of carbonyl (C=O) groups is 1. The molecule has 4 rings (SSSR count). The minimum atomic E-state index is -0.0195. The third kappa shape index (κ3) is 4.13. The number of fused-ring (bicyclic) bond motifs is 1. The summed E-state index contributed by atoms with van der Waals surface area (Å²) < 4.78 is 1.11. The maximum atomic E-state index is 13.7. The number of hydrogen-bond acceptors (Lipinski definition) is 4. The van der Waals surface area contributed by atoms with Crippen molar-refractivity contribution in [1.29, 1.82) is 0 Å². The lowest BCUT2D eigenvalue weighted by Crippen LogP contribution is -2.30. The molecule has 0 fully saturated rings. The second-order valence-electron chi connectivity index (χ2n) is 7.42. The van der Waals surface area contributed by atoms with Crippen LogP contribution < -0.4 is 4.90 Å². The second kappa shape index (κ2) is 9.02. The predicted octanol–water partition coefficient (Wildman–Crippen LogP) is 6.99. The maximum absolute atomic E-state index is 13.7. The standard InChI is InChI=1S/C25H24N2OS2/c1-17(2)19-13-9-15-22-23(19)26-25(30-22)27(16-18-10-5-4-6-11-18)24(28)20-12-7-8-14-21(20)29-3/h4-15,17H,16H2,1-3H3. The Labute approximate surface area is 185 Å². The molecule has 3 aromatic carbocycles. The molecule has 0 saturated heterocycles.